The number of ether oxygens (including phenoxy) is 1. The van der Waals surface area contributed by atoms with E-state index in [0.717, 1.165) is 45.1 Å². The molecule has 1 aliphatic heterocycles. The first-order valence-corrected chi connectivity index (χ1v) is 7.09. The zero-order valence-corrected chi connectivity index (χ0v) is 12.1. The first-order chi connectivity index (χ1) is 9.25. The van der Waals surface area contributed by atoms with Gasteiger partial charge in [-0.25, -0.2) is 0 Å². The average Bonchev–Trinajstić information content (AvgIpc) is 2.67. The van der Waals surface area contributed by atoms with Crippen LogP contribution in [0.5, 0.6) is 5.75 Å². The number of likely N-dealkylation sites (N-methyl/N-ethyl adjacent to an activating group) is 1. The van der Waals surface area contributed by atoms with Crippen molar-refractivity contribution in [2.24, 2.45) is 0 Å². The monoisotopic (exact) mass is 263 g/mol. The zero-order valence-electron chi connectivity index (χ0n) is 12.1. The molecule has 0 saturated carbocycles. The van der Waals surface area contributed by atoms with Gasteiger partial charge >= 0.3 is 0 Å². The molecule has 1 aromatic carbocycles. The molecule has 0 bridgehead atoms. The third-order valence-corrected chi connectivity index (χ3v) is 3.33. The van der Waals surface area contributed by atoms with E-state index in [1.165, 1.54) is 12.1 Å². The van der Waals surface area contributed by atoms with Crippen LogP contribution in [0.15, 0.2) is 24.3 Å². The minimum absolute atomic E-state index is 0.734. The van der Waals surface area contributed by atoms with Crippen molar-refractivity contribution in [3.05, 3.63) is 24.3 Å². The highest BCUT2D eigenvalue weighted by molar-refractivity contribution is 5.50. The Morgan fingerprint density at radius 3 is 3.00 bits per heavy atom. The van der Waals surface area contributed by atoms with E-state index in [4.69, 9.17) is 4.74 Å². The van der Waals surface area contributed by atoms with E-state index in [9.17, 15) is 0 Å². The summed E-state index contributed by atoms with van der Waals surface area (Å²) in [6.07, 6.45) is 1.20. The number of hydrogen-bond acceptors (Lipinski definition) is 4. The lowest BCUT2D eigenvalue weighted by Gasteiger charge is -2.23. The number of anilines is 1. The molecule has 2 rings (SSSR count). The largest absolute Gasteiger partial charge is 0.492 e. The fourth-order valence-corrected chi connectivity index (χ4v) is 2.22. The van der Waals surface area contributed by atoms with E-state index < -0.39 is 0 Å². The summed E-state index contributed by atoms with van der Waals surface area (Å²) in [5.41, 5.74) is 1.27. The van der Waals surface area contributed by atoms with Crippen LogP contribution in [0.3, 0.4) is 0 Å². The van der Waals surface area contributed by atoms with Crippen molar-refractivity contribution < 1.29 is 4.74 Å². The molecule has 0 unspecified atom stereocenters. The molecule has 0 atom stereocenters. The van der Waals surface area contributed by atoms with E-state index >= 15 is 0 Å². The number of nitrogens with zero attached hydrogens (tertiary/aromatic N) is 2. The standard InChI is InChI=1S/C15H25N3O/c1-17(2)11-12-19-15-6-3-5-14(13-15)18-9-4-7-16-8-10-18/h3,5-6,13,16H,4,7-12H2,1-2H3. The molecule has 106 valence electrons. The second-order valence-corrected chi connectivity index (χ2v) is 5.24. The first kappa shape index (κ1) is 14.2. The first-order valence-electron chi connectivity index (χ1n) is 7.09. The zero-order chi connectivity index (χ0) is 13.5. The highest BCUT2D eigenvalue weighted by Crippen LogP contribution is 2.21. The predicted octanol–water partition coefficient (Wildman–Crippen LogP) is 1.43. The molecule has 0 amide bonds. The number of hydrogen-bond donors (Lipinski definition) is 1. The van der Waals surface area contributed by atoms with Crippen LogP contribution in [0, 0.1) is 0 Å². The van der Waals surface area contributed by atoms with Gasteiger partial charge in [0, 0.05) is 37.9 Å². The summed E-state index contributed by atoms with van der Waals surface area (Å²) < 4.78 is 5.80. The third kappa shape index (κ3) is 4.73. The van der Waals surface area contributed by atoms with Gasteiger partial charge in [0.25, 0.3) is 0 Å². The van der Waals surface area contributed by atoms with Gasteiger partial charge in [0.1, 0.15) is 12.4 Å². The number of nitrogens with one attached hydrogen (secondary N) is 1. The van der Waals surface area contributed by atoms with Crippen molar-refractivity contribution in [2.75, 3.05) is 58.3 Å². The van der Waals surface area contributed by atoms with E-state index in [2.05, 4.69) is 47.4 Å². The number of benzene rings is 1. The molecule has 1 aliphatic rings. The van der Waals surface area contributed by atoms with Gasteiger partial charge in [-0.15, -0.1) is 0 Å². The fourth-order valence-electron chi connectivity index (χ4n) is 2.22. The van der Waals surface area contributed by atoms with Crippen molar-refractivity contribution >= 4 is 5.69 Å². The van der Waals surface area contributed by atoms with Gasteiger partial charge < -0.3 is 19.9 Å². The molecule has 1 heterocycles. The Morgan fingerprint density at radius 2 is 2.16 bits per heavy atom. The Kier molecular flexibility index (Phi) is 5.48. The van der Waals surface area contributed by atoms with Crippen molar-refractivity contribution in [3.63, 3.8) is 0 Å². The van der Waals surface area contributed by atoms with Gasteiger partial charge in [-0.2, -0.15) is 0 Å². The summed E-state index contributed by atoms with van der Waals surface area (Å²) in [5, 5.41) is 3.43. The maximum atomic E-state index is 5.80. The molecule has 1 N–H and O–H groups in total. The van der Waals surface area contributed by atoms with Crippen LogP contribution >= 0.6 is 0 Å². The quantitative estimate of drug-likeness (QED) is 0.870. The minimum atomic E-state index is 0.734. The van der Waals surface area contributed by atoms with Gasteiger partial charge in [-0.3, -0.25) is 0 Å². The van der Waals surface area contributed by atoms with Gasteiger partial charge in [0.05, 0.1) is 0 Å². The van der Waals surface area contributed by atoms with Gasteiger partial charge in [-0.1, -0.05) is 6.07 Å². The maximum Gasteiger partial charge on any atom is 0.121 e. The normalized spacial score (nSPS) is 16.5. The van der Waals surface area contributed by atoms with Crippen LogP contribution < -0.4 is 15.0 Å². The van der Waals surface area contributed by atoms with Gasteiger partial charge in [0.2, 0.25) is 0 Å². The van der Waals surface area contributed by atoms with Crippen molar-refractivity contribution in [1.82, 2.24) is 10.2 Å². The maximum absolute atomic E-state index is 5.80. The lowest BCUT2D eigenvalue weighted by molar-refractivity contribution is 0.261. The molecule has 4 heteroatoms. The summed E-state index contributed by atoms with van der Waals surface area (Å²) in [6, 6.07) is 8.44. The Hall–Kier alpha value is -1.26. The molecule has 19 heavy (non-hydrogen) atoms. The van der Waals surface area contributed by atoms with Gasteiger partial charge in [-0.05, 0) is 39.2 Å². The second-order valence-electron chi connectivity index (χ2n) is 5.24. The lowest BCUT2D eigenvalue weighted by Crippen LogP contribution is -2.27. The van der Waals surface area contributed by atoms with Crippen molar-refractivity contribution in [1.29, 1.82) is 0 Å². The third-order valence-electron chi connectivity index (χ3n) is 3.33. The summed E-state index contributed by atoms with van der Waals surface area (Å²) in [5.74, 6) is 0.969. The van der Waals surface area contributed by atoms with Crippen LogP contribution in [-0.2, 0) is 0 Å². The summed E-state index contributed by atoms with van der Waals surface area (Å²) in [6.45, 7) is 6.05. The molecule has 1 aromatic rings. The van der Waals surface area contributed by atoms with E-state index in [0.29, 0.717) is 0 Å². The summed E-state index contributed by atoms with van der Waals surface area (Å²) >= 11 is 0. The minimum Gasteiger partial charge on any atom is -0.492 e. The smallest absolute Gasteiger partial charge is 0.121 e. The molecule has 0 radical (unpaired) electrons. The molecule has 1 saturated heterocycles. The molecular formula is C15H25N3O. The summed E-state index contributed by atoms with van der Waals surface area (Å²) in [4.78, 5) is 4.56. The van der Waals surface area contributed by atoms with Crippen LogP contribution in [0.2, 0.25) is 0 Å². The highest BCUT2D eigenvalue weighted by Gasteiger charge is 2.09. The van der Waals surface area contributed by atoms with Crippen LogP contribution in [0.1, 0.15) is 6.42 Å². The molecule has 4 nitrogen and oxygen atoms in total. The van der Waals surface area contributed by atoms with Crippen LogP contribution in [0.25, 0.3) is 0 Å². The van der Waals surface area contributed by atoms with E-state index in [1.54, 1.807) is 0 Å². The Bertz CT molecular complexity index is 373. The van der Waals surface area contributed by atoms with E-state index in [-0.39, 0.29) is 0 Å². The Balaban J connectivity index is 1.93. The van der Waals surface area contributed by atoms with Crippen molar-refractivity contribution in [2.45, 2.75) is 6.42 Å². The van der Waals surface area contributed by atoms with E-state index in [1.807, 2.05) is 6.07 Å². The summed E-state index contributed by atoms with van der Waals surface area (Å²) in [7, 11) is 4.12. The average molecular weight is 263 g/mol. The predicted molar refractivity (Wildman–Crippen MR) is 80.2 cm³/mol. The molecule has 0 spiro atoms. The Labute approximate surface area is 116 Å². The van der Waals surface area contributed by atoms with Crippen molar-refractivity contribution in [3.8, 4) is 5.75 Å². The van der Waals surface area contributed by atoms with Gasteiger partial charge in [0.15, 0.2) is 0 Å². The van der Waals surface area contributed by atoms with Crippen LogP contribution in [0.4, 0.5) is 5.69 Å². The topological polar surface area (TPSA) is 27.7 Å². The van der Waals surface area contributed by atoms with Crippen LogP contribution in [-0.4, -0.2) is 58.3 Å². The Morgan fingerprint density at radius 1 is 1.26 bits per heavy atom. The number of rotatable bonds is 5. The molecule has 0 aromatic heterocycles. The molecule has 1 fully saturated rings. The molecule has 0 aliphatic carbocycles. The lowest BCUT2D eigenvalue weighted by atomic mass is 10.2. The SMILES string of the molecule is CN(C)CCOc1cccc(N2CCCNCC2)c1. The highest BCUT2D eigenvalue weighted by atomic mass is 16.5. The fraction of sp³-hybridized carbons (Fsp3) is 0.600. The molecular weight excluding hydrogens is 238 g/mol. The second kappa shape index (κ2) is 7.36.